The van der Waals surface area contributed by atoms with Crippen LogP contribution in [0.25, 0.3) is 0 Å². The maximum atomic E-state index is 10.2. The van der Waals surface area contributed by atoms with E-state index in [9.17, 15) is 5.11 Å². The van der Waals surface area contributed by atoms with Gasteiger partial charge in [-0.15, -0.1) is 0 Å². The Morgan fingerprint density at radius 2 is 1.65 bits per heavy atom. The van der Waals surface area contributed by atoms with Crippen molar-refractivity contribution in [3.05, 3.63) is 87.4 Å². The van der Waals surface area contributed by atoms with Crippen LogP contribution >= 0.6 is 23.2 Å². The fourth-order valence-corrected chi connectivity index (χ4v) is 3.06. The minimum Gasteiger partial charge on any atom is -0.504 e. The van der Waals surface area contributed by atoms with Crippen LogP contribution in [0.2, 0.25) is 10.0 Å². The van der Waals surface area contributed by atoms with Gasteiger partial charge in [-0.3, -0.25) is 0 Å². The highest BCUT2D eigenvalue weighted by Crippen LogP contribution is 2.39. The number of benzene rings is 3. The van der Waals surface area contributed by atoms with E-state index in [-0.39, 0.29) is 10.8 Å². The second kappa shape index (κ2) is 8.35. The summed E-state index contributed by atoms with van der Waals surface area (Å²) in [5.74, 6) is 0.795. The summed E-state index contributed by atoms with van der Waals surface area (Å²) in [6.07, 6.45) is 0. The highest BCUT2D eigenvalue weighted by Gasteiger charge is 2.12. The predicted octanol–water partition coefficient (Wildman–Crippen LogP) is 6.20. The fraction of sp³-hybridized carbons (Fsp3) is 0.143. The highest BCUT2D eigenvalue weighted by atomic mass is 35.5. The molecule has 0 radical (unpaired) electrons. The molecule has 2 N–H and O–H groups in total. The molecule has 0 bridgehead atoms. The molecule has 0 atom stereocenters. The molecule has 0 fully saturated rings. The second-order valence-corrected chi connectivity index (χ2v) is 6.78. The molecule has 0 heterocycles. The molecule has 0 saturated carbocycles. The zero-order valence-electron chi connectivity index (χ0n) is 14.3. The van der Waals surface area contributed by atoms with Crippen LogP contribution in [0.15, 0.2) is 60.7 Å². The SMILES string of the molecule is Cc1c(Cl)cc(Cl)c(O)c1NCc1cccc(OCc2ccccc2)c1. The summed E-state index contributed by atoms with van der Waals surface area (Å²) in [5, 5.41) is 14.1. The first kappa shape index (κ1) is 18.4. The van der Waals surface area contributed by atoms with Crippen molar-refractivity contribution in [2.45, 2.75) is 20.1 Å². The topological polar surface area (TPSA) is 41.5 Å². The van der Waals surface area contributed by atoms with E-state index in [1.54, 1.807) is 0 Å². The van der Waals surface area contributed by atoms with Crippen LogP contribution in [0, 0.1) is 6.92 Å². The maximum absolute atomic E-state index is 10.2. The third-order valence-corrected chi connectivity index (χ3v) is 4.75. The Bertz CT molecular complexity index is 872. The van der Waals surface area contributed by atoms with E-state index < -0.39 is 0 Å². The lowest BCUT2D eigenvalue weighted by molar-refractivity contribution is 0.306. The van der Waals surface area contributed by atoms with Gasteiger partial charge in [0, 0.05) is 11.6 Å². The minimum atomic E-state index is 0.00467. The van der Waals surface area contributed by atoms with Gasteiger partial charge in [-0.1, -0.05) is 65.7 Å². The third kappa shape index (κ3) is 4.43. The lowest BCUT2D eigenvalue weighted by atomic mass is 10.1. The Morgan fingerprint density at radius 1 is 0.923 bits per heavy atom. The number of rotatable bonds is 6. The number of phenolic OH excluding ortho intramolecular Hbond substituents is 1. The molecule has 0 saturated heterocycles. The third-order valence-electron chi connectivity index (χ3n) is 4.07. The Labute approximate surface area is 163 Å². The number of hydrogen-bond acceptors (Lipinski definition) is 3. The number of ether oxygens (including phenoxy) is 1. The fourth-order valence-electron chi connectivity index (χ4n) is 2.60. The molecule has 3 aromatic rings. The number of anilines is 1. The van der Waals surface area contributed by atoms with Gasteiger partial charge < -0.3 is 15.2 Å². The average molecular weight is 388 g/mol. The molecule has 0 amide bonds. The van der Waals surface area contributed by atoms with Gasteiger partial charge in [0.2, 0.25) is 0 Å². The molecule has 3 rings (SSSR count). The zero-order chi connectivity index (χ0) is 18.5. The standard InChI is InChI=1S/C21H19Cl2NO2/c1-14-18(22)11-19(23)21(25)20(14)24-12-16-8-5-9-17(10-16)26-13-15-6-3-2-4-7-15/h2-11,24-25H,12-13H2,1H3. The molecular formula is C21H19Cl2NO2. The molecule has 0 aliphatic rings. The Hall–Kier alpha value is -2.36. The van der Waals surface area contributed by atoms with Gasteiger partial charge in [0.15, 0.2) is 5.75 Å². The summed E-state index contributed by atoms with van der Waals surface area (Å²) in [6, 6.07) is 19.4. The first-order chi connectivity index (χ1) is 12.5. The van der Waals surface area contributed by atoms with Crippen molar-refractivity contribution in [3.63, 3.8) is 0 Å². The molecule has 134 valence electrons. The van der Waals surface area contributed by atoms with E-state index >= 15 is 0 Å². The molecule has 26 heavy (non-hydrogen) atoms. The Kier molecular flexibility index (Phi) is 5.92. The summed E-state index contributed by atoms with van der Waals surface area (Å²) in [4.78, 5) is 0. The van der Waals surface area contributed by atoms with Crippen molar-refractivity contribution in [3.8, 4) is 11.5 Å². The van der Waals surface area contributed by atoms with Gasteiger partial charge in [0.25, 0.3) is 0 Å². The van der Waals surface area contributed by atoms with E-state index in [0.717, 1.165) is 22.4 Å². The van der Waals surface area contributed by atoms with Gasteiger partial charge in [-0.2, -0.15) is 0 Å². The van der Waals surface area contributed by atoms with Gasteiger partial charge in [-0.25, -0.2) is 0 Å². The van der Waals surface area contributed by atoms with Gasteiger partial charge in [0.1, 0.15) is 12.4 Å². The van der Waals surface area contributed by atoms with Crippen LogP contribution in [0.4, 0.5) is 5.69 Å². The summed E-state index contributed by atoms with van der Waals surface area (Å²) >= 11 is 12.1. The highest BCUT2D eigenvalue weighted by molar-refractivity contribution is 6.36. The van der Waals surface area contributed by atoms with Crippen molar-refractivity contribution >= 4 is 28.9 Å². The van der Waals surface area contributed by atoms with Crippen LogP contribution in [0.5, 0.6) is 11.5 Å². The van der Waals surface area contributed by atoms with Crippen LogP contribution in [0.1, 0.15) is 16.7 Å². The van der Waals surface area contributed by atoms with Crippen molar-refractivity contribution in [1.29, 1.82) is 0 Å². The molecule has 0 aliphatic carbocycles. The van der Waals surface area contributed by atoms with Crippen LogP contribution in [-0.2, 0) is 13.2 Å². The minimum absolute atomic E-state index is 0.00467. The number of phenols is 1. The van der Waals surface area contributed by atoms with E-state index in [1.807, 2.05) is 61.5 Å². The monoisotopic (exact) mass is 387 g/mol. The Balaban J connectivity index is 1.68. The molecule has 0 spiro atoms. The van der Waals surface area contributed by atoms with E-state index in [0.29, 0.717) is 23.9 Å². The van der Waals surface area contributed by atoms with E-state index in [1.165, 1.54) is 6.07 Å². The summed E-state index contributed by atoms with van der Waals surface area (Å²) in [6.45, 7) is 2.86. The van der Waals surface area contributed by atoms with E-state index in [2.05, 4.69) is 5.32 Å². The Morgan fingerprint density at radius 3 is 2.42 bits per heavy atom. The van der Waals surface area contributed by atoms with Gasteiger partial charge in [-0.05, 0) is 41.8 Å². The molecule has 0 aliphatic heterocycles. The molecule has 0 unspecified atom stereocenters. The lowest BCUT2D eigenvalue weighted by Gasteiger charge is -2.14. The molecule has 3 nitrogen and oxygen atoms in total. The van der Waals surface area contributed by atoms with Crippen LogP contribution < -0.4 is 10.1 Å². The van der Waals surface area contributed by atoms with Crippen molar-refractivity contribution in [1.82, 2.24) is 0 Å². The largest absolute Gasteiger partial charge is 0.504 e. The molecule has 5 heteroatoms. The number of halogens is 2. The maximum Gasteiger partial charge on any atom is 0.157 e. The molecule has 3 aromatic carbocycles. The quantitative estimate of drug-likeness (QED) is 0.494. The molecule has 0 aromatic heterocycles. The van der Waals surface area contributed by atoms with Gasteiger partial charge in [0.05, 0.1) is 10.7 Å². The smallest absolute Gasteiger partial charge is 0.157 e. The van der Waals surface area contributed by atoms with Crippen LogP contribution in [0.3, 0.4) is 0 Å². The number of aromatic hydroxyl groups is 1. The summed E-state index contributed by atoms with van der Waals surface area (Å²) in [5.41, 5.74) is 3.43. The second-order valence-electron chi connectivity index (χ2n) is 5.96. The first-order valence-electron chi connectivity index (χ1n) is 8.21. The lowest BCUT2D eigenvalue weighted by Crippen LogP contribution is -2.03. The summed E-state index contributed by atoms with van der Waals surface area (Å²) in [7, 11) is 0. The average Bonchev–Trinajstić information content (AvgIpc) is 2.66. The number of nitrogens with one attached hydrogen (secondary N) is 1. The summed E-state index contributed by atoms with van der Waals surface area (Å²) < 4.78 is 5.85. The predicted molar refractivity (Wildman–Crippen MR) is 107 cm³/mol. The zero-order valence-corrected chi connectivity index (χ0v) is 15.8. The van der Waals surface area contributed by atoms with Gasteiger partial charge >= 0.3 is 0 Å². The van der Waals surface area contributed by atoms with Crippen LogP contribution in [-0.4, -0.2) is 5.11 Å². The first-order valence-corrected chi connectivity index (χ1v) is 8.97. The van der Waals surface area contributed by atoms with Crippen molar-refractivity contribution in [2.24, 2.45) is 0 Å². The van der Waals surface area contributed by atoms with E-state index in [4.69, 9.17) is 27.9 Å². The van der Waals surface area contributed by atoms with Crippen molar-refractivity contribution in [2.75, 3.05) is 5.32 Å². The van der Waals surface area contributed by atoms with Crippen molar-refractivity contribution < 1.29 is 9.84 Å². The normalized spacial score (nSPS) is 10.6. The number of hydrogen-bond donors (Lipinski definition) is 2. The molecular weight excluding hydrogens is 369 g/mol.